The van der Waals surface area contributed by atoms with E-state index in [0.29, 0.717) is 6.61 Å². The molecule has 1 fully saturated rings. The average Bonchev–Trinajstić information content (AvgIpc) is 3.13. The fourth-order valence-corrected chi connectivity index (χ4v) is 2.39. The molecular weight excluding hydrogens is 329 g/mol. The highest BCUT2D eigenvalue weighted by Crippen LogP contribution is 2.44. The number of halogens is 1. The van der Waals surface area contributed by atoms with E-state index in [2.05, 4.69) is 22.6 Å². The molecule has 0 aliphatic heterocycles. The average molecular weight is 345 g/mol. The van der Waals surface area contributed by atoms with Gasteiger partial charge in [-0.25, -0.2) is 4.79 Å². The van der Waals surface area contributed by atoms with E-state index in [4.69, 9.17) is 10.5 Å². The second-order valence-electron chi connectivity index (χ2n) is 4.37. The van der Waals surface area contributed by atoms with Crippen LogP contribution in [0, 0.1) is 9.49 Å². The summed E-state index contributed by atoms with van der Waals surface area (Å²) in [5.41, 5.74) is 6.23. The van der Waals surface area contributed by atoms with Gasteiger partial charge in [-0.3, -0.25) is 0 Å². The van der Waals surface area contributed by atoms with Crippen molar-refractivity contribution in [3.05, 3.63) is 33.4 Å². The molecule has 0 spiro atoms. The van der Waals surface area contributed by atoms with Crippen LogP contribution < -0.4 is 5.73 Å². The smallest absolute Gasteiger partial charge is 0.331 e. The van der Waals surface area contributed by atoms with Crippen molar-refractivity contribution in [2.24, 2.45) is 11.7 Å². The monoisotopic (exact) mass is 345 g/mol. The van der Waals surface area contributed by atoms with E-state index < -0.39 is 5.54 Å². The first-order valence-corrected chi connectivity index (χ1v) is 6.89. The Bertz CT molecular complexity index is 414. The third kappa shape index (κ3) is 2.47. The predicted octanol–water partition coefficient (Wildman–Crippen LogP) is 2.42. The third-order valence-electron chi connectivity index (χ3n) is 3.16. The van der Waals surface area contributed by atoms with Crippen molar-refractivity contribution in [2.45, 2.75) is 25.3 Å². The number of carbonyl (C=O) groups excluding carboxylic acids is 1. The van der Waals surface area contributed by atoms with E-state index in [1.165, 1.54) is 0 Å². The van der Waals surface area contributed by atoms with E-state index in [9.17, 15) is 4.79 Å². The minimum Gasteiger partial charge on any atom is -0.464 e. The van der Waals surface area contributed by atoms with E-state index in [-0.39, 0.29) is 11.9 Å². The van der Waals surface area contributed by atoms with Crippen LogP contribution in [0.4, 0.5) is 0 Å². The zero-order chi connectivity index (χ0) is 12.5. The summed E-state index contributed by atoms with van der Waals surface area (Å²) in [6, 6.07) is 7.80. The molecule has 1 aromatic rings. The second kappa shape index (κ2) is 4.94. The lowest BCUT2D eigenvalue weighted by molar-refractivity contribution is -0.151. The lowest BCUT2D eigenvalue weighted by Crippen LogP contribution is -2.48. The van der Waals surface area contributed by atoms with Gasteiger partial charge in [0, 0.05) is 3.57 Å². The minimum absolute atomic E-state index is 0.224. The predicted molar refractivity (Wildman–Crippen MR) is 74.4 cm³/mol. The summed E-state index contributed by atoms with van der Waals surface area (Å²) < 4.78 is 6.26. The van der Waals surface area contributed by atoms with Gasteiger partial charge >= 0.3 is 5.97 Å². The van der Waals surface area contributed by atoms with Crippen LogP contribution in [0.5, 0.6) is 0 Å². The largest absolute Gasteiger partial charge is 0.464 e. The van der Waals surface area contributed by atoms with Crippen LogP contribution in [0.15, 0.2) is 24.3 Å². The number of hydrogen-bond donors (Lipinski definition) is 1. The van der Waals surface area contributed by atoms with Gasteiger partial charge in [0.05, 0.1) is 6.61 Å². The van der Waals surface area contributed by atoms with Crippen molar-refractivity contribution in [3.63, 3.8) is 0 Å². The molecule has 1 aromatic carbocycles. The summed E-state index contributed by atoms with van der Waals surface area (Å²) in [4.78, 5) is 12.1. The number of hydrogen-bond acceptors (Lipinski definition) is 3. The molecule has 4 heteroatoms. The Morgan fingerprint density at radius 2 is 2.06 bits per heavy atom. The Kier molecular flexibility index (Phi) is 3.73. The molecule has 0 heterocycles. The summed E-state index contributed by atoms with van der Waals surface area (Å²) in [5, 5.41) is 0. The van der Waals surface area contributed by atoms with Gasteiger partial charge in [0.15, 0.2) is 0 Å². The highest BCUT2D eigenvalue weighted by Gasteiger charge is 2.50. The molecule has 0 amide bonds. The Morgan fingerprint density at radius 1 is 1.47 bits per heavy atom. The first kappa shape index (κ1) is 12.8. The summed E-state index contributed by atoms with van der Waals surface area (Å²) in [7, 11) is 0. The number of rotatable bonds is 4. The van der Waals surface area contributed by atoms with Gasteiger partial charge in [-0.05, 0) is 66.0 Å². The van der Waals surface area contributed by atoms with Crippen molar-refractivity contribution >= 4 is 28.6 Å². The fraction of sp³-hybridized carbons (Fsp3) is 0.462. The highest BCUT2D eigenvalue weighted by molar-refractivity contribution is 14.1. The van der Waals surface area contributed by atoms with Gasteiger partial charge in [0.25, 0.3) is 0 Å². The zero-order valence-corrected chi connectivity index (χ0v) is 11.9. The fourth-order valence-electron chi connectivity index (χ4n) is 2.04. The zero-order valence-electron chi connectivity index (χ0n) is 9.78. The first-order chi connectivity index (χ1) is 8.09. The van der Waals surface area contributed by atoms with Gasteiger partial charge < -0.3 is 10.5 Å². The van der Waals surface area contributed by atoms with Crippen molar-refractivity contribution in [1.82, 2.24) is 0 Å². The molecule has 0 bridgehead atoms. The number of carbonyl (C=O) groups is 1. The molecule has 17 heavy (non-hydrogen) atoms. The minimum atomic E-state index is -0.958. The Hall–Kier alpha value is -0.620. The van der Waals surface area contributed by atoms with Crippen molar-refractivity contribution < 1.29 is 9.53 Å². The van der Waals surface area contributed by atoms with Crippen LogP contribution in [0.25, 0.3) is 0 Å². The molecule has 1 aliphatic carbocycles. The Morgan fingerprint density at radius 3 is 2.53 bits per heavy atom. The highest BCUT2D eigenvalue weighted by atomic mass is 127. The van der Waals surface area contributed by atoms with Gasteiger partial charge in [0.1, 0.15) is 5.54 Å². The molecule has 3 nitrogen and oxygen atoms in total. The molecule has 1 unspecified atom stereocenters. The molecule has 1 atom stereocenters. The van der Waals surface area contributed by atoms with Crippen LogP contribution in [0.2, 0.25) is 0 Å². The van der Waals surface area contributed by atoms with Crippen molar-refractivity contribution in [3.8, 4) is 0 Å². The van der Waals surface area contributed by atoms with E-state index in [0.717, 1.165) is 22.0 Å². The molecular formula is C13H16INO2. The summed E-state index contributed by atoms with van der Waals surface area (Å²) in [5.74, 6) is -0.0784. The quantitative estimate of drug-likeness (QED) is 0.674. The number of nitrogens with two attached hydrogens (primary N) is 1. The standard InChI is InChI=1S/C13H16INO2/c1-2-17-12(16)13(15,9-3-4-9)10-5-7-11(14)8-6-10/h5-9H,2-4,15H2,1H3. The van der Waals surface area contributed by atoms with Gasteiger partial charge in [-0.2, -0.15) is 0 Å². The third-order valence-corrected chi connectivity index (χ3v) is 3.88. The van der Waals surface area contributed by atoms with Crippen LogP contribution in [0.1, 0.15) is 25.3 Å². The molecule has 2 rings (SSSR count). The SMILES string of the molecule is CCOC(=O)C(N)(c1ccc(I)cc1)C1CC1. The van der Waals surface area contributed by atoms with Crippen molar-refractivity contribution in [2.75, 3.05) is 6.61 Å². The first-order valence-electron chi connectivity index (χ1n) is 5.81. The van der Waals surface area contributed by atoms with E-state index in [1.807, 2.05) is 24.3 Å². The van der Waals surface area contributed by atoms with Gasteiger partial charge in [-0.1, -0.05) is 12.1 Å². The van der Waals surface area contributed by atoms with Crippen LogP contribution >= 0.6 is 22.6 Å². The molecule has 1 saturated carbocycles. The maximum absolute atomic E-state index is 12.1. The molecule has 0 radical (unpaired) electrons. The van der Waals surface area contributed by atoms with Gasteiger partial charge in [-0.15, -0.1) is 0 Å². The topological polar surface area (TPSA) is 52.3 Å². The maximum atomic E-state index is 12.1. The van der Waals surface area contributed by atoms with Crippen LogP contribution in [-0.2, 0) is 15.1 Å². The lowest BCUT2D eigenvalue weighted by atomic mass is 9.86. The van der Waals surface area contributed by atoms with E-state index >= 15 is 0 Å². The van der Waals surface area contributed by atoms with Gasteiger partial charge in [0.2, 0.25) is 0 Å². The maximum Gasteiger partial charge on any atom is 0.331 e. The van der Waals surface area contributed by atoms with E-state index in [1.54, 1.807) is 6.92 Å². The number of ether oxygens (including phenoxy) is 1. The summed E-state index contributed by atoms with van der Waals surface area (Å²) in [6.45, 7) is 2.17. The molecule has 2 N–H and O–H groups in total. The number of esters is 1. The summed E-state index contributed by atoms with van der Waals surface area (Å²) >= 11 is 2.23. The lowest BCUT2D eigenvalue weighted by Gasteiger charge is -2.27. The molecule has 0 aromatic heterocycles. The Labute approximate surface area is 115 Å². The van der Waals surface area contributed by atoms with Crippen LogP contribution in [-0.4, -0.2) is 12.6 Å². The second-order valence-corrected chi connectivity index (χ2v) is 5.62. The Balaban J connectivity index is 2.33. The van der Waals surface area contributed by atoms with Crippen molar-refractivity contribution in [1.29, 1.82) is 0 Å². The molecule has 1 aliphatic rings. The summed E-state index contributed by atoms with van der Waals surface area (Å²) in [6.07, 6.45) is 2.00. The normalized spacial score (nSPS) is 18.5. The number of benzene rings is 1. The molecule has 0 saturated heterocycles. The van der Waals surface area contributed by atoms with Crippen LogP contribution in [0.3, 0.4) is 0 Å². The molecule has 92 valence electrons.